The summed E-state index contributed by atoms with van der Waals surface area (Å²) in [7, 11) is 0. The number of hydrogen-bond donors (Lipinski definition) is 0. The van der Waals surface area contributed by atoms with Crippen LogP contribution in [0.5, 0.6) is 5.75 Å². The lowest BCUT2D eigenvalue weighted by molar-refractivity contribution is 0.306. The minimum atomic E-state index is 0.230. The number of pyridine rings is 1. The summed E-state index contributed by atoms with van der Waals surface area (Å²) < 4.78 is 5.54. The fourth-order valence-corrected chi connectivity index (χ4v) is 2.44. The Labute approximate surface area is 124 Å². The van der Waals surface area contributed by atoms with Crippen molar-refractivity contribution in [1.29, 1.82) is 0 Å². The molecule has 0 aliphatic rings. The largest absolute Gasteiger partial charge is 0.486 e. The predicted octanol–water partition coefficient (Wildman–Crippen LogP) is 5.27. The smallest absolute Gasteiger partial charge is 0.157 e. The molecule has 1 aromatic heterocycles. The normalized spacial score (nSPS) is 10.4. The molecule has 0 aliphatic heterocycles. The molecule has 0 saturated carbocycles. The molecule has 1 aromatic carbocycles. The molecular weight excluding hydrogens is 316 g/mol. The first-order chi connectivity index (χ1) is 8.58. The van der Waals surface area contributed by atoms with Gasteiger partial charge in [0.05, 0.1) is 10.0 Å². The number of ether oxygens (including phenoxy) is 1. The summed E-state index contributed by atoms with van der Waals surface area (Å²) >= 11 is 23.7. The quantitative estimate of drug-likeness (QED) is 0.718. The lowest BCUT2D eigenvalue weighted by atomic mass is 10.3. The van der Waals surface area contributed by atoms with Gasteiger partial charge >= 0.3 is 0 Å². The van der Waals surface area contributed by atoms with Crippen LogP contribution in [-0.4, -0.2) is 4.98 Å². The third kappa shape index (κ3) is 3.21. The molecule has 0 saturated heterocycles. The van der Waals surface area contributed by atoms with E-state index in [2.05, 4.69) is 4.98 Å². The second kappa shape index (κ2) is 5.98. The fourth-order valence-electron chi connectivity index (χ4n) is 1.34. The van der Waals surface area contributed by atoms with Crippen molar-refractivity contribution < 1.29 is 4.74 Å². The molecule has 0 amide bonds. The first-order valence-corrected chi connectivity index (χ1v) is 6.46. The van der Waals surface area contributed by atoms with E-state index in [0.717, 1.165) is 5.56 Å². The van der Waals surface area contributed by atoms with Gasteiger partial charge in [-0.05, 0) is 18.2 Å². The van der Waals surface area contributed by atoms with Crippen molar-refractivity contribution in [2.45, 2.75) is 6.61 Å². The Balaban J connectivity index is 2.19. The molecule has 2 nitrogen and oxygen atoms in total. The highest BCUT2D eigenvalue weighted by molar-refractivity contribution is 6.40. The van der Waals surface area contributed by atoms with E-state index in [1.165, 1.54) is 0 Å². The molecule has 2 aromatic rings. The molecule has 1 heterocycles. The van der Waals surface area contributed by atoms with Crippen LogP contribution in [0.15, 0.2) is 30.5 Å². The van der Waals surface area contributed by atoms with Gasteiger partial charge in [0, 0.05) is 16.8 Å². The van der Waals surface area contributed by atoms with Crippen LogP contribution in [0.4, 0.5) is 0 Å². The van der Waals surface area contributed by atoms with Crippen molar-refractivity contribution >= 4 is 46.4 Å². The topological polar surface area (TPSA) is 22.1 Å². The molecule has 18 heavy (non-hydrogen) atoms. The Morgan fingerprint density at radius 3 is 2.33 bits per heavy atom. The van der Waals surface area contributed by atoms with E-state index in [-0.39, 0.29) is 6.61 Å². The van der Waals surface area contributed by atoms with E-state index in [9.17, 15) is 0 Å². The van der Waals surface area contributed by atoms with Crippen LogP contribution in [0.3, 0.4) is 0 Å². The zero-order chi connectivity index (χ0) is 13.1. The summed E-state index contributed by atoms with van der Waals surface area (Å²) in [6.07, 6.45) is 1.61. The number of hydrogen-bond acceptors (Lipinski definition) is 2. The van der Waals surface area contributed by atoms with E-state index < -0.39 is 0 Å². The summed E-state index contributed by atoms with van der Waals surface area (Å²) in [6, 6.07) is 6.72. The van der Waals surface area contributed by atoms with E-state index in [1.54, 1.807) is 24.4 Å². The van der Waals surface area contributed by atoms with Gasteiger partial charge in [-0.1, -0.05) is 52.5 Å². The van der Waals surface area contributed by atoms with Gasteiger partial charge in [-0.3, -0.25) is 0 Å². The van der Waals surface area contributed by atoms with Crippen molar-refractivity contribution in [3.63, 3.8) is 0 Å². The predicted molar refractivity (Wildman–Crippen MR) is 75.1 cm³/mol. The van der Waals surface area contributed by atoms with Gasteiger partial charge in [0.1, 0.15) is 11.8 Å². The Morgan fingerprint density at radius 1 is 1.06 bits per heavy atom. The van der Waals surface area contributed by atoms with Gasteiger partial charge < -0.3 is 4.74 Å². The number of halogens is 4. The Bertz CT molecular complexity index is 551. The van der Waals surface area contributed by atoms with Gasteiger partial charge in [-0.15, -0.1) is 0 Å². The first kappa shape index (κ1) is 13.8. The maximum atomic E-state index is 6.00. The van der Waals surface area contributed by atoms with Crippen LogP contribution in [0, 0.1) is 0 Å². The number of benzene rings is 1. The molecule has 0 atom stereocenters. The van der Waals surface area contributed by atoms with E-state index in [0.29, 0.717) is 26.0 Å². The standard InChI is InChI=1S/C12H7Cl4NO/c13-8-4-9(14)11(10(15)5-8)18-6-7-2-1-3-17-12(7)16/h1-5H,6H2. The average molecular weight is 323 g/mol. The second-order valence-electron chi connectivity index (χ2n) is 3.44. The maximum absolute atomic E-state index is 6.00. The molecule has 0 N–H and O–H groups in total. The summed E-state index contributed by atoms with van der Waals surface area (Å²) in [6.45, 7) is 0.230. The fraction of sp³-hybridized carbons (Fsp3) is 0.0833. The molecule has 0 bridgehead atoms. The number of nitrogens with zero attached hydrogens (tertiary/aromatic N) is 1. The zero-order valence-electron chi connectivity index (χ0n) is 8.96. The third-order valence-corrected chi connectivity index (χ3v) is 3.29. The highest BCUT2D eigenvalue weighted by Crippen LogP contribution is 2.36. The minimum Gasteiger partial charge on any atom is -0.486 e. The number of aromatic nitrogens is 1. The highest BCUT2D eigenvalue weighted by Gasteiger charge is 2.10. The van der Waals surface area contributed by atoms with E-state index in [4.69, 9.17) is 51.1 Å². The highest BCUT2D eigenvalue weighted by atomic mass is 35.5. The third-order valence-electron chi connectivity index (χ3n) is 2.17. The van der Waals surface area contributed by atoms with Crippen molar-refractivity contribution in [3.8, 4) is 5.75 Å². The van der Waals surface area contributed by atoms with Crippen LogP contribution in [0.25, 0.3) is 0 Å². The molecule has 6 heteroatoms. The molecule has 2 rings (SSSR count). The molecule has 0 spiro atoms. The Kier molecular flexibility index (Phi) is 4.57. The first-order valence-electron chi connectivity index (χ1n) is 4.94. The van der Waals surface area contributed by atoms with Crippen molar-refractivity contribution in [2.75, 3.05) is 0 Å². The minimum absolute atomic E-state index is 0.230. The van der Waals surface area contributed by atoms with Crippen molar-refractivity contribution in [1.82, 2.24) is 4.98 Å². The van der Waals surface area contributed by atoms with Crippen LogP contribution in [0.1, 0.15) is 5.56 Å². The number of rotatable bonds is 3. The van der Waals surface area contributed by atoms with Gasteiger partial charge in [-0.2, -0.15) is 0 Å². The summed E-state index contributed by atoms with van der Waals surface area (Å²) in [4.78, 5) is 3.95. The lowest BCUT2D eigenvalue weighted by Gasteiger charge is -2.10. The SMILES string of the molecule is Clc1cc(Cl)c(OCc2cccnc2Cl)c(Cl)c1. The van der Waals surface area contributed by atoms with Gasteiger partial charge in [0.2, 0.25) is 0 Å². The average Bonchev–Trinajstić information content (AvgIpc) is 2.30. The maximum Gasteiger partial charge on any atom is 0.157 e. The second-order valence-corrected chi connectivity index (χ2v) is 5.05. The van der Waals surface area contributed by atoms with Gasteiger partial charge in [0.15, 0.2) is 5.75 Å². The Morgan fingerprint density at radius 2 is 1.72 bits per heavy atom. The molecule has 0 aliphatic carbocycles. The summed E-state index contributed by atoms with van der Waals surface area (Å²) in [5, 5.41) is 1.55. The van der Waals surface area contributed by atoms with Gasteiger partial charge in [0.25, 0.3) is 0 Å². The van der Waals surface area contributed by atoms with Gasteiger partial charge in [-0.25, -0.2) is 4.98 Å². The van der Waals surface area contributed by atoms with Crippen molar-refractivity contribution in [3.05, 3.63) is 56.2 Å². The zero-order valence-corrected chi connectivity index (χ0v) is 12.0. The molecular formula is C12H7Cl4NO. The monoisotopic (exact) mass is 321 g/mol. The molecule has 0 fully saturated rings. The Hall–Kier alpha value is -0.670. The van der Waals surface area contributed by atoms with Crippen LogP contribution >= 0.6 is 46.4 Å². The molecule has 94 valence electrons. The van der Waals surface area contributed by atoms with Crippen LogP contribution in [0.2, 0.25) is 20.2 Å². The molecule has 0 unspecified atom stereocenters. The van der Waals surface area contributed by atoms with Crippen LogP contribution in [-0.2, 0) is 6.61 Å². The van der Waals surface area contributed by atoms with Crippen molar-refractivity contribution in [2.24, 2.45) is 0 Å². The lowest BCUT2D eigenvalue weighted by Crippen LogP contribution is -1.98. The van der Waals surface area contributed by atoms with E-state index in [1.807, 2.05) is 6.07 Å². The molecule has 0 radical (unpaired) electrons. The summed E-state index contributed by atoms with van der Waals surface area (Å²) in [5.74, 6) is 0.377. The van der Waals surface area contributed by atoms with E-state index >= 15 is 0 Å². The van der Waals surface area contributed by atoms with Crippen LogP contribution < -0.4 is 4.74 Å². The summed E-state index contributed by atoms with van der Waals surface area (Å²) in [5.41, 5.74) is 0.751.